The van der Waals surface area contributed by atoms with Gasteiger partial charge >= 0.3 is 0 Å². The van der Waals surface area contributed by atoms with Crippen molar-refractivity contribution in [3.8, 4) is 22.3 Å². The Bertz CT molecular complexity index is 1380. The van der Waals surface area contributed by atoms with Gasteiger partial charge in [-0.3, -0.25) is 0 Å². The Labute approximate surface area is 185 Å². The van der Waals surface area contributed by atoms with Gasteiger partial charge in [0, 0.05) is 17.4 Å². The maximum Gasteiger partial charge on any atom is 0.175 e. The van der Waals surface area contributed by atoms with Crippen LogP contribution in [0, 0.1) is 10.5 Å². The van der Waals surface area contributed by atoms with Gasteiger partial charge in [0.05, 0.1) is 17.6 Å². The zero-order valence-electron chi connectivity index (χ0n) is 16.7. The van der Waals surface area contributed by atoms with Crippen molar-refractivity contribution >= 4 is 22.1 Å². The third kappa shape index (κ3) is 4.62. The zero-order valence-corrected chi connectivity index (χ0v) is 18.3. The van der Waals surface area contributed by atoms with Crippen molar-refractivity contribution in [2.75, 3.05) is 6.26 Å². The summed E-state index contributed by atoms with van der Waals surface area (Å²) in [4.78, 5) is 0.237. The second kappa shape index (κ2) is 8.53. The van der Waals surface area contributed by atoms with E-state index in [1.807, 2.05) is 30.3 Å². The molecule has 0 saturated carbocycles. The van der Waals surface area contributed by atoms with Crippen molar-refractivity contribution < 1.29 is 12.8 Å². The molecule has 0 saturated heterocycles. The SMILES string of the molecule is CS(=O)(=O)c1ccc(-c2cnn(Cc3ccccc3)c(=S)c2-c2ccc(F)cc2)cc1. The highest BCUT2D eigenvalue weighted by Crippen LogP contribution is 2.33. The van der Waals surface area contributed by atoms with Crippen LogP contribution < -0.4 is 0 Å². The van der Waals surface area contributed by atoms with Gasteiger partial charge in [-0.25, -0.2) is 17.5 Å². The molecule has 0 fully saturated rings. The molecular formula is C24H19FN2O2S2. The molecule has 0 aliphatic heterocycles. The van der Waals surface area contributed by atoms with E-state index in [-0.39, 0.29) is 10.7 Å². The summed E-state index contributed by atoms with van der Waals surface area (Å²) in [5.74, 6) is -0.333. The number of benzene rings is 3. The summed E-state index contributed by atoms with van der Waals surface area (Å²) in [7, 11) is -3.30. The summed E-state index contributed by atoms with van der Waals surface area (Å²) in [5, 5.41) is 4.54. The number of hydrogen-bond acceptors (Lipinski definition) is 4. The lowest BCUT2D eigenvalue weighted by molar-refractivity contribution is 0.602. The standard InChI is InChI=1S/C24H19FN2O2S2/c1-31(28,29)21-13-9-18(10-14-21)22-15-26-27(16-17-5-3-2-4-6-17)24(30)23(22)19-7-11-20(25)12-8-19/h2-15H,16H2,1H3. The van der Waals surface area contributed by atoms with Gasteiger partial charge in [0.25, 0.3) is 0 Å². The van der Waals surface area contributed by atoms with Crippen LogP contribution in [0.4, 0.5) is 4.39 Å². The highest BCUT2D eigenvalue weighted by molar-refractivity contribution is 7.90. The molecule has 156 valence electrons. The van der Waals surface area contributed by atoms with E-state index in [0.717, 1.165) is 27.8 Å². The van der Waals surface area contributed by atoms with Crippen LogP contribution in [0.15, 0.2) is 90.0 Å². The first-order valence-corrected chi connectivity index (χ1v) is 11.8. The minimum atomic E-state index is -3.30. The average molecular weight is 451 g/mol. The van der Waals surface area contributed by atoms with Crippen LogP contribution in [0.1, 0.15) is 5.56 Å². The third-order valence-corrected chi connectivity index (χ3v) is 6.49. The van der Waals surface area contributed by atoms with Gasteiger partial charge < -0.3 is 0 Å². The summed E-state index contributed by atoms with van der Waals surface area (Å²) in [5.41, 5.74) is 4.09. The lowest BCUT2D eigenvalue weighted by Crippen LogP contribution is -2.08. The van der Waals surface area contributed by atoms with Crippen LogP contribution in [-0.2, 0) is 16.4 Å². The van der Waals surface area contributed by atoms with E-state index in [0.29, 0.717) is 11.2 Å². The number of rotatable bonds is 5. The first-order chi connectivity index (χ1) is 14.8. The summed E-state index contributed by atoms with van der Waals surface area (Å²) < 4.78 is 39.4. The predicted octanol–water partition coefficient (Wildman–Crippen LogP) is 5.54. The first kappa shape index (κ1) is 21.1. The fraction of sp³-hybridized carbons (Fsp3) is 0.0833. The minimum absolute atomic E-state index is 0.237. The van der Waals surface area contributed by atoms with E-state index in [4.69, 9.17) is 12.2 Å². The van der Waals surface area contributed by atoms with Crippen LogP contribution in [0.5, 0.6) is 0 Å². The molecule has 4 rings (SSSR count). The van der Waals surface area contributed by atoms with E-state index in [9.17, 15) is 12.8 Å². The highest BCUT2D eigenvalue weighted by atomic mass is 32.2. The smallest absolute Gasteiger partial charge is 0.175 e. The molecule has 0 bridgehead atoms. The van der Waals surface area contributed by atoms with Crippen LogP contribution in [-0.4, -0.2) is 24.5 Å². The highest BCUT2D eigenvalue weighted by Gasteiger charge is 2.15. The molecule has 0 atom stereocenters. The molecule has 1 heterocycles. The first-order valence-electron chi connectivity index (χ1n) is 9.53. The van der Waals surface area contributed by atoms with Gasteiger partial charge in [0.1, 0.15) is 10.5 Å². The summed E-state index contributed by atoms with van der Waals surface area (Å²) in [6, 6.07) is 22.6. The van der Waals surface area contributed by atoms with Crippen molar-refractivity contribution in [3.05, 3.63) is 101 Å². The molecule has 0 spiro atoms. The normalized spacial score (nSPS) is 11.4. The molecular weight excluding hydrogens is 431 g/mol. The van der Waals surface area contributed by atoms with E-state index >= 15 is 0 Å². The van der Waals surface area contributed by atoms with Crippen LogP contribution in [0.25, 0.3) is 22.3 Å². The fourth-order valence-corrected chi connectivity index (χ4v) is 4.32. The van der Waals surface area contributed by atoms with Gasteiger partial charge in [-0.15, -0.1) is 0 Å². The lowest BCUT2D eigenvalue weighted by atomic mass is 9.97. The monoisotopic (exact) mass is 450 g/mol. The van der Waals surface area contributed by atoms with Crippen LogP contribution >= 0.6 is 12.2 Å². The Balaban J connectivity index is 1.87. The second-order valence-electron chi connectivity index (χ2n) is 7.19. The van der Waals surface area contributed by atoms with Crippen molar-refractivity contribution in [2.45, 2.75) is 11.4 Å². The van der Waals surface area contributed by atoms with Gasteiger partial charge in [-0.2, -0.15) is 5.10 Å². The Hall–Kier alpha value is -3.16. The van der Waals surface area contributed by atoms with E-state index in [1.54, 1.807) is 47.3 Å². The molecule has 0 unspecified atom stereocenters. The molecule has 1 aromatic heterocycles. The average Bonchev–Trinajstić information content (AvgIpc) is 2.76. The van der Waals surface area contributed by atoms with Crippen LogP contribution in [0.3, 0.4) is 0 Å². The number of sulfone groups is 1. The molecule has 0 aliphatic carbocycles. The van der Waals surface area contributed by atoms with E-state index in [1.165, 1.54) is 18.4 Å². The Kier molecular flexibility index (Phi) is 5.80. The number of aromatic nitrogens is 2. The predicted molar refractivity (Wildman–Crippen MR) is 123 cm³/mol. The molecule has 7 heteroatoms. The molecule has 31 heavy (non-hydrogen) atoms. The fourth-order valence-electron chi connectivity index (χ4n) is 3.35. The van der Waals surface area contributed by atoms with Gasteiger partial charge in [0.2, 0.25) is 0 Å². The molecule has 0 radical (unpaired) electrons. The van der Waals surface area contributed by atoms with Crippen molar-refractivity contribution in [1.29, 1.82) is 0 Å². The summed E-state index contributed by atoms with van der Waals surface area (Å²) in [6.45, 7) is 0.501. The third-order valence-electron chi connectivity index (χ3n) is 4.95. The molecule has 0 amide bonds. The molecule has 4 aromatic rings. The number of hydrogen-bond donors (Lipinski definition) is 0. The van der Waals surface area contributed by atoms with Crippen molar-refractivity contribution in [1.82, 2.24) is 9.78 Å². The summed E-state index contributed by atoms with van der Waals surface area (Å²) in [6.07, 6.45) is 2.89. The van der Waals surface area contributed by atoms with E-state index in [2.05, 4.69) is 5.10 Å². The number of nitrogens with zero attached hydrogens (tertiary/aromatic N) is 2. The maximum atomic E-state index is 13.5. The summed E-state index contributed by atoms with van der Waals surface area (Å²) >= 11 is 5.79. The van der Waals surface area contributed by atoms with Gasteiger partial charge in [-0.1, -0.05) is 66.8 Å². The molecule has 3 aromatic carbocycles. The molecule has 4 nitrogen and oxygen atoms in total. The largest absolute Gasteiger partial charge is 0.250 e. The Morgan fingerprint density at radius 2 is 1.52 bits per heavy atom. The van der Waals surface area contributed by atoms with Crippen LogP contribution in [0.2, 0.25) is 0 Å². The van der Waals surface area contributed by atoms with Gasteiger partial charge in [0.15, 0.2) is 9.84 Å². The minimum Gasteiger partial charge on any atom is -0.250 e. The zero-order chi connectivity index (χ0) is 22.0. The second-order valence-corrected chi connectivity index (χ2v) is 9.59. The quantitative estimate of drug-likeness (QED) is 0.375. The maximum absolute atomic E-state index is 13.5. The van der Waals surface area contributed by atoms with E-state index < -0.39 is 9.84 Å². The number of halogens is 1. The lowest BCUT2D eigenvalue weighted by Gasteiger charge is -2.15. The van der Waals surface area contributed by atoms with Crippen molar-refractivity contribution in [2.24, 2.45) is 0 Å². The Morgan fingerprint density at radius 3 is 2.13 bits per heavy atom. The van der Waals surface area contributed by atoms with Gasteiger partial charge in [-0.05, 0) is 41.0 Å². The topological polar surface area (TPSA) is 52.0 Å². The Morgan fingerprint density at radius 1 is 0.903 bits per heavy atom. The van der Waals surface area contributed by atoms with Crippen molar-refractivity contribution in [3.63, 3.8) is 0 Å². The molecule has 0 N–H and O–H groups in total. The molecule has 0 aliphatic rings.